The van der Waals surface area contributed by atoms with E-state index >= 15 is 8.78 Å². The Morgan fingerprint density at radius 1 is 1.07 bits per heavy atom. The van der Waals surface area contributed by atoms with Crippen LogP contribution >= 0.6 is 11.6 Å². The van der Waals surface area contributed by atoms with E-state index in [0.29, 0.717) is 22.0 Å². The van der Waals surface area contributed by atoms with Crippen molar-refractivity contribution in [3.8, 4) is 11.3 Å². The van der Waals surface area contributed by atoms with E-state index in [2.05, 4.69) is 25.2 Å². The summed E-state index contributed by atoms with van der Waals surface area (Å²) in [5.74, 6) is -9.77. The maximum atomic E-state index is 15.5. The second kappa shape index (κ2) is 14.6. The molecule has 5 atom stereocenters. The number of benzene rings is 2. The minimum Gasteiger partial charge on any atom is -0.344 e. The predicted octanol–water partition coefficient (Wildman–Crippen LogP) is 5.95. The molecule has 4 heterocycles. The Labute approximate surface area is 347 Å². The number of aromatic nitrogens is 5. The van der Waals surface area contributed by atoms with E-state index in [0.717, 1.165) is 23.0 Å². The van der Waals surface area contributed by atoms with Crippen LogP contribution in [0.4, 0.5) is 26.3 Å². The lowest BCUT2D eigenvalue weighted by atomic mass is 9.91. The van der Waals surface area contributed by atoms with Crippen molar-refractivity contribution in [2.45, 2.75) is 49.7 Å². The molecule has 5 aromatic rings. The van der Waals surface area contributed by atoms with Gasteiger partial charge in [0, 0.05) is 47.8 Å². The molecule has 9 rings (SSSR count). The molecule has 0 saturated heterocycles. The third-order valence-corrected chi connectivity index (χ3v) is 12.1. The molecule has 2 aromatic carbocycles. The molecule has 13 nitrogen and oxygen atoms in total. The fourth-order valence-electron chi connectivity index (χ4n) is 8.65. The van der Waals surface area contributed by atoms with Crippen LogP contribution in [-0.4, -0.2) is 68.8 Å². The van der Waals surface area contributed by atoms with E-state index in [9.17, 15) is 35.6 Å². The number of halogens is 7. The van der Waals surface area contributed by atoms with Gasteiger partial charge in [-0.05, 0) is 66.5 Å². The predicted molar refractivity (Wildman–Crippen MR) is 211 cm³/mol. The van der Waals surface area contributed by atoms with E-state index in [1.54, 1.807) is 36.5 Å². The lowest BCUT2D eigenvalue weighted by Crippen LogP contribution is -2.44. The summed E-state index contributed by atoms with van der Waals surface area (Å²) >= 11 is 6.68. The number of carbonyl (C=O) groups excluding carboxylic acids is 1. The second-order valence-corrected chi connectivity index (χ2v) is 17.5. The van der Waals surface area contributed by atoms with Crippen LogP contribution in [0.25, 0.3) is 27.9 Å². The standard InChI is InChI=1S/C40H32ClF6N9O4S/c1-54-34-29(9-8-25(41)32(34)37(52-54)53-61(2,59)60)56-38(50-27-14-19(6-7-22(27)39(56)58)26-5-3-4-10-48-26)28(13-18-11-20(42)15-21(43)12-18)49-30(57)17-55-35-31(33(51-55)36(44)45)23-16-24(23)40(35,46)47/h3-12,14-15,23-24,28,32,34,36H,13,16-17H2,1-2H3,(H,49,57)(H,52,53)/t23-,24+,28-,32?,34?/m0/s1. The molecule has 3 aromatic heterocycles. The van der Waals surface area contributed by atoms with Crippen LogP contribution in [-0.2, 0) is 33.7 Å². The zero-order valence-electron chi connectivity index (χ0n) is 31.8. The molecule has 1 fully saturated rings. The molecule has 2 N–H and O–H groups in total. The number of sulfonamides is 1. The van der Waals surface area contributed by atoms with Crippen molar-refractivity contribution in [3.63, 3.8) is 0 Å². The zero-order chi connectivity index (χ0) is 43.3. The summed E-state index contributed by atoms with van der Waals surface area (Å²) in [6.07, 6.45) is 1.76. The van der Waals surface area contributed by atoms with Crippen molar-refractivity contribution in [3.05, 3.63) is 128 Å². The van der Waals surface area contributed by atoms with Gasteiger partial charge in [-0.1, -0.05) is 23.7 Å². The first-order chi connectivity index (χ1) is 28.9. The zero-order valence-corrected chi connectivity index (χ0v) is 33.4. The molecule has 21 heteroatoms. The van der Waals surface area contributed by atoms with Gasteiger partial charge in [0.25, 0.3) is 17.9 Å². The highest BCUT2D eigenvalue weighted by Crippen LogP contribution is 2.68. The van der Waals surface area contributed by atoms with Gasteiger partial charge in [0.1, 0.15) is 47.3 Å². The summed E-state index contributed by atoms with van der Waals surface area (Å²) in [6.45, 7) is -0.970. The summed E-state index contributed by atoms with van der Waals surface area (Å²) in [4.78, 5) is 38.4. The van der Waals surface area contributed by atoms with Gasteiger partial charge < -0.3 is 5.32 Å². The number of hydrazone groups is 1. The number of rotatable bonds is 10. The summed E-state index contributed by atoms with van der Waals surface area (Å²) in [6, 6.07) is 10.1. The van der Waals surface area contributed by atoms with Crippen LogP contribution in [0.3, 0.4) is 0 Å². The molecule has 0 bridgehead atoms. The van der Waals surface area contributed by atoms with Crippen LogP contribution in [0, 0.1) is 23.5 Å². The minimum absolute atomic E-state index is 0.00122. The normalized spacial score (nSPS) is 21.7. The first kappa shape index (κ1) is 40.4. The molecular formula is C40H32ClF6N9O4S. The molecular weight excluding hydrogens is 852 g/mol. The summed E-state index contributed by atoms with van der Waals surface area (Å²) in [7, 11) is -2.36. The van der Waals surface area contributed by atoms with Crippen molar-refractivity contribution in [2.24, 2.45) is 16.9 Å². The van der Waals surface area contributed by atoms with Crippen molar-refractivity contribution in [1.29, 1.82) is 0 Å². The third kappa shape index (κ3) is 7.13. The van der Waals surface area contributed by atoms with Crippen LogP contribution < -0.4 is 15.6 Å². The molecule has 61 heavy (non-hydrogen) atoms. The SMILES string of the molecule is CN1N=C(NS(C)(=O)=O)C2C(Cl)=CC=C(n3c([C@H](Cc4cc(F)cc(F)c4)NC(=O)Cn4nc(C(F)F)c5c4C(F)(F)[C@@H]4C[C@H]54)nc4cc(-c5ccccn5)ccc4c3=O)C21. The topological polar surface area (TPSA) is 156 Å². The lowest BCUT2D eigenvalue weighted by Gasteiger charge is -2.33. The summed E-state index contributed by atoms with van der Waals surface area (Å²) < 4.78 is 118. The Balaban J connectivity index is 1.21. The number of hydrogen-bond acceptors (Lipinski definition) is 9. The number of fused-ring (bicyclic) bond motifs is 5. The monoisotopic (exact) mass is 883 g/mol. The van der Waals surface area contributed by atoms with Gasteiger partial charge in [-0.2, -0.15) is 19.0 Å². The smallest absolute Gasteiger partial charge is 0.293 e. The number of carbonyl (C=O) groups is 1. The number of likely N-dealkylation sites (N-methyl/N-ethyl adjacent to an activating group) is 1. The highest BCUT2D eigenvalue weighted by atomic mass is 35.5. The van der Waals surface area contributed by atoms with Crippen molar-refractivity contribution >= 4 is 50.0 Å². The average molecular weight is 884 g/mol. The van der Waals surface area contributed by atoms with E-state index in [1.165, 1.54) is 30.3 Å². The summed E-state index contributed by atoms with van der Waals surface area (Å²) in [5.41, 5.74) is -1.30. The maximum absolute atomic E-state index is 15.5. The van der Waals surface area contributed by atoms with Crippen molar-refractivity contribution < 1.29 is 39.6 Å². The quantitative estimate of drug-likeness (QED) is 0.163. The number of nitrogens with zero attached hydrogens (tertiary/aromatic N) is 7. The Bertz CT molecular complexity index is 2920. The molecule has 2 unspecified atom stereocenters. The minimum atomic E-state index is -3.87. The molecule has 0 spiro atoms. The Kier molecular flexibility index (Phi) is 9.65. The van der Waals surface area contributed by atoms with E-state index in [4.69, 9.17) is 16.6 Å². The van der Waals surface area contributed by atoms with Crippen molar-refractivity contribution in [1.82, 2.24) is 39.4 Å². The molecule has 1 amide bonds. The largest absolute Gasteiger partial charge is 0.344 e. The molecule has 1 saturated carbocycles. The van der Waals surface area contributed by atoms with Crippen LogP contribution in [0.15, 0.2) is 87.9 Å². The number of allylic oxidation sites excluding steroid dienone is 2. The number of amidine groups is 1. The van der Waals surface area contributed by atoms with Gasteiger partial charge in [0.15, 0.2) is 0 Å². The number of pyridine rings is 1. The van der Waals surface area contributed by atoms with Gasteiger partial charge in [-0.3, -0.25) is 33.6 Å². The third-order valence-electron chi connectivity index (χ3n) is 11.2. The Hall–Kier alpha value is -6.02. The van der Waals surface area contributed by atoms with Gasteiger partial charge in [0.05, 0.1) is 40.5 Å². The first-order valence-corrected chi connectivity index (χ1v) is 21.0. The number of alkyl halides is 4. The number of hydrogen-bond donors (Lipinski definition) is 2. The molecule has 316 valence electrons. The summed E-state index contributed by atoms with van der Waals surface area (Å²) in [5, 5.41) is 12.4. The van der Waals surface area contributed by atoms with Crippen LogP contribution in [0.2, 0.25) is 0 Å². The average Bonchev–Trinajstić information content (AvgIpc) is 3.73. The van der Waals surface area contributed by atoms with Crippen LogP contribution in [0.5, 0.6) is 0 Å². The van der Waals surface area contributed by atoms with Crippen molar-refractivity contribution in [2.75, 3.05) is 13.3 Å². The van der Waals surface area contributed by atoms with Gasteiger partial charge >= 0.3 is 0 Å². The fraction of sp³-hybridized carbons (Fsp3) is 0.300. The van der Waals surface area contributed by atoms with Gasteiger partial charge in [-0.15, -0.1) is 0 Å². The maximum Gasteiger partial charge on any atom is 0.293 e. The lowest BCUT2D eigenvalue weighted by molar-refractivity contribution is -0.123. The molecule has 0 radical (unpaired) electrons. The van der Waals surface area contributed by atoms with E-state index in [1.807, 2.05) is 0 Å². The van der Waals surface area contributed by atoms with E-state index < -0.39 is 99.7 Å². The molecule has 1 aliphatic heterocycles. The molecule has 4 aliphatic rings. The first-order valence-electron chi connectivity index (χ1n) is 18.8. The molecule has 3 aliphatic carbocycles. The highest BCUT2D eigenvalue weighted by Gasteiger charge is 2.67. The van der Waals surface area contributed by atoms with E-state index in [-0.39, 0.29) is 50.8 Å². The number of nitrogens with one attached hydrogen (secondary N) is 2. The Morgan fingerprint density at radius 3 is 2.51 bits per heavy atom. The van der Waals surface area contributed by atoms with Gasteiger partial charge in [-0.25, -0.2) is 31.0 Å². The Morgan fingerprint density at radius 2 is 1.82 bits per heavy atom. The van der Waals surface area contributed by atoms with Gasteiger partial charge in [0.2, 0.25) is 15.9 Å². The fourth-order valence-corrected chi connectivity index (χ4v) is 9.49. The highest BCUT2D eigenvalue weighted by molar-refractivity contribution is 7.89. The number of amides is 1. The second-order valence-electron chi connectivity index (χ2n) is 15.3. The van der Waals surface area contributed by atoms with Crippen LogP contribution in [0.1, 0.15) is 53.1 Å².